The van der Waals surface area contributed by atoms with Gasteiger partial charge in [-0.15, -0.1) is 0 Å². The van der Waals surface area contributed by atoms with Gasteiger partial charge in [0.15, 0.2) is 0 Å². The van der Waals surface area contributed by atoms with Crippen molar-refractivity contribution in [3.05, 3.63) is 59.2 Å². The molecule has 0 aliphatic rings. The highest BCUT2D eigenvalue weighted by molar-refractivity contribution is 5.89. The Morgan fingerprint density at radius 2 is 1.70 bits per heavy atom. The van der Waals surface area contributed by atoms with E-state index in [2.05, 4.69) is 48.6 Å². The monoisotopic (exact) mass is 264 g/mol. The number of rotatable bonds is 1. The molecule has 0 spiro atoms. The summed E-state index contributed by atoms with van der Waals surface area (Å²) in [6, 6.07) is 14.2. The van der Waals surface area contributed by atoms with Crippen molar-refractivity contribution in [2.45, 2.75) is 13.8 Å². The fraction of sp³-hybridized carbons (Fsp3) is 0.167. The summed E-state index contributed by atoms with van der Waals surface area (Å²) in [7, 11) is 1.33. The van der Waals surface area contributed by atoms with Crippen LogP contribution in [0.3, 0.4) is 0 Å². The molecule has 0 N–H and O–H groups in total. The molecule has 20 heavy (non-hydrogen) atoms. The van der Waals surface area contributed by atoms with Gasteiger partial charge in [-0.3, -0.25) is 0 Å². The van der Waals surface area contributed by atoms with Crippen molar-refractivity contribution >= 4 is 5.97 Å². The van der Waals surface area contributed by atoms with E-state index in [1.54, 1.807) is 0 Å². The Morgan fingerprint density at radius 3 is 2.35 bits per heavy atom. The molecule has 2 rings (SSSR count). The maximum Gasteiger partial charge on any atom is 0.384 e. The largest absolute Gasteiger partial charge is 0.459 e. The second kappa shape index (κ2) is 6.08. The van der Waals surface area contributed by atoms with Crippen LogP contribution in [0.2, 0.25) is 0 Å². The SMILES string of the molecule is COC(=O)C#Cc1ccccc1-c1cc(C)cc(C)c1. The minimum atomic E-state index is -0.528. The van der Waals surface area contributed by atoms with Crippen LogP contribution < -0.4 is 0 Å². The van der Waals surface area contributed by atoms with Gasteiger partial charge in [0.1, 0.15) is 0 Å². The average Bonchev–Trinajstić information content (AvgIpc) is 2.44. The van der Waals surface area contributed by atoms with Gasteiger partial charge in [0, 0.05) is 11.5 Å². The summed E-state index contributed by atoms with van der Waals surface area (Å²) in [4.78, 5) is 11.1. The van der Waals surface area contributed by atoms with E-state index in [9.17, 15) is 4.79 Å². The van der Waals surface area contributed by atoms with Gasteiger partial charge in [0.2, 0.25) is 0 Å². The molecule has 0 radical (unpaired) electrons. The Labute approximate surface area is 119 Å². The van der Waals surface area contributed by atoms with Crippen molar-refractivity contribution in [3.63, 3.8) is 0 Å². The van der Waals surface area contributed by atoms with Crippen LogP contribution in [0.4, 0.5) is 0 Å². The number of methoxy groups -OCH3 is 1. The minimum absolute atomic E-state index is 0.528. The predicted octanol–water partition coefficient (Wildman–Crippen LogP) is 3.49. The lowest BCUT2D eigenvalue weighted by molar-refractivity contribution is -0.133. The normalized spacial score (nSPS) is 9.55. The van der Waals surface area contributed by atoms with E-state index >= 15 is 0 Å². The first-order chi connectivity index (χ1) is 9.60. The zero-order valence-corrected chi connectivity index (χ0v) is 11.9. The molecular formula is C18H16O2. The van der Waals surface area contributed by atoms with Crippen molar-refractivity contribution in [1.82, 2.24) is 0 Å². The molecular weight excluding hydrogens is 248 g/mol. The second-order valence-corrected chi connectivity index (χ2v) is 4.66. The van der Waals surface area contributed by atoms with Crippen LogP contribution in [0, 0.1) is 25.7 Å². The fourth-order valence-corrected chi connectivity index (χ4v) is 2.14. The van der Waals surface area contributed by atoms with Gasteiger partial charge < -0.3 is 4.74 Å². The molecule has 0 heterocycles. The van der Waals surface area contributed by atoms with E-state index in [-0.39, 0.29) is 0 Å². The van der Waals surface area contributed by atoms with Gasteiger partial charge in [-0.2, -0.15) is 0 Å². The van der Waals surface area contributed by atoms with Crippen molar-refractivity contribution < 1.29 is 9.53 Å². The third kappa shape index (κ3) is 3.27. The number of hydrogen-bond donors (Lipinski definition) is 0. The summed E-state index contributed by atoms with van der Waals surface area (Å²) in [5.74, 6) is 4.83. The third-order valence-electron chi connectivity index (χ3n) is 2.94. The zero-order valence-electron chi connectivity index (χ0n) is 11.9. The lowest BCUT2D eigenvalue weighted by atomic mass is 9.97. The number of carbonyl (C=O) groups is 1. The Morgan fingerprint density at radius 1 is 1.05 bits per heavy atom. The summed E-state index contributed by atoms with van der Waals surface area (Å²) in [5, 5.41) is 0. The van der Waals surface area contributed by atoms with Gasteiger partial charge in [-0.1, -0.05) is 53.4 Å². The highest BCUT2D eigenvalue weighted by Crippen LogP contribution is 2.25. The van der Waals surface area contributed by atoms with Crippen molar-refractivity contribution in [2.75, 3.05) is 7.11 Å². The molecule has 0 saturated heterocycles. The molecule has 2 nitrogen and oxygen atoms in total. The maximum atomic E-state index is 11.1. The fourth-order valence-electron chi connectivity index (χ4n) is 2.14. The first kappa shape index (κ1) is 13.9. The summed E-state index contributed by atoms with van der Waals surface area (Å²) < 4.78 is 4.54. The standard InChI is InChI=1S/C18H16O2/c1-13-10-14(2)12-16(11-13)17-7-5-4-6-15(17)8-9-18(19)20-3/h4-7,10-12H,1-3H3. The second-order valence-electron chi connectivity index (χ2n) is 4.66. The van der Waals surface area contributed by atoms with E-state index in [1.165, 1.54) is 18.2 Å². The Bertz CT molecular complexity index is 683. The van der Waals surface area contributed by atoms with Crippen molar-refractivity contribution in [2.24, 2.45) is 0 Å². The molecule has 2 aromatic carbocycles. The first-order valence-electron chi connectivity index (χ1n) is 6.38. The number of hydrogen-bond acceptors (Lipinski definition) is 2. The van der Waals surface area contributed by atoms with E-state index in [1.807, 2.05) is 24.3 Å². The van der Waals surface area contributed by atoms with Gasteiger partial charge in [-0.05, 0) is 31.0 Å². The molecule has 0 aliphatic heterocycles. The van der Waals surface area contributed by atoms with E-state index in [0.717, 1.165) is 16.7 Å². The quantitative estimate of drug-likeness (QED) is 0.582. The third-order valence-corrected chi connectivity index (χ3v) is 2.94. The molecule has 0 atom stereocenters. The molecule has 0 amide bonds. The molecule has 2 heteroatoms. The topological polar surface area (TPSA) is 26.3 Å². The molecule has 0 fully saturated rings. The summed E-state index contributed by atoms with van der Waals surface area (Å²) >= 11 is 0. The van der Waals surface area contributed by atoms with E-state index in [4.69, 9.17) is 0 Å². The van der Waals surface area contributed by atoms with Crippen LogP contribution in [-0.4, -0.2) is 13.1 Å². The van der Waals surface area contributed by atoms with E-state index in [0.29, 0.717) is 0 Å². The maximum absolute atomic E-state index is 11.1. The lowest BCUT2D eigenvalue weighted by Gasteiger charge is -2.07. The van der Waals surface area contributed by atoms with Crippen LogP contribution in [0.15, 0.2) is 42.5 Å². The average molecular weight is 264 g/mol. The smallest absolute Gasteiger partial charge is 0.384 e. The highest BCUT2D eigenvalue weighted by Gasteiger charge is 2.04. The molecule has 2 aromatic rings. The molecule has 0 aliphatic carbocycles. The van der Waals surface area contributed by atoms with Crippen molar-refractivity contribution in [1.29, 1.82) is 0 Å². The summed E-state index contributed by atoms with van der Waals surface area (Å²) in [5.41, 5.74) is 5.36. The van der Waals surface area contributed by atoms with Crippen LogP contribution in [0.5, 0.6) is 0 Å². The number of esters is 1. The number of carbonyl (C=O) groups excluding carboxylic acids is 1. The summed E-state index contributed by atoms with van der Waals surface area (Å²) in [6.45, 7) is 4.14. The van der Waals surface area contributed by atoms with Gasteiger partial charge in [0.25, 0.3) is 0 Å². The number of aryl methyl sites for hydroxylation is 2. The first-order valence-corrected chi connectivity index (χ1v) is 6.38. The van der Waals surface area contributed by atoms with E-state index < -0.39 is 5.97 Å². The predicted molar refractivity (Wildman–Crippen MR) is 80.2 cm³/mol. The zero-order chi connectivity index (χ0) is 14.5. The Balaban J connectivity index is 2.51. The molecule has 0 saturated carbocycles. The Hall–Kier alpha value is -2.53. The number of ether oxygens (including phenoxy) is 1. The molecule has 100 valence electrons. The summed E-state index contributed by atoms with van der Waals surface area (Å²) in [6.07, 6.45) is 0. The van der Waals surface area contributed by atoms with Gasteiger partial charge >= 0.3 is 5.97 Å². The minimum Gasteiger partial charge on any atom is -0.459 e. The Kier molecular flexibility index (Phi) is 4.22. The van der Waals surface area contributed by atoms with Gasteiger partial charge in [-0.25, -0.2) is 4.79 Å². The molecule has 0 unspecified atom stereocenters. The van der Waals surface area contributed by atoms with Gasteiger partial charge in [0.05, 0.1) is 7.11 Å². The van der Waals surface area contributed by atoms with Crippen LogP contribution in [0.25, 0.3) is 11.1 Å². The lowest BCUT2D eigenvalue weighted by Crippen LogP contribution is -1.95. The molecule has 0 bridgehead atoms. The van der Waals surface area contributed by atoms with Crippen LogP contribution in [0.1, 0.15) is 16.7 Å². The highest BCUT2D eigenvalue weighted by atomic mass is 16.5. The van der Waals surface area contributed by atoms with Crippen molar-refractivity contribution in [3.8, 4) is 23.0 Å². The van der Waals surface area contributed by atoms with Crippen LogP contribution in [-0.2, 0) is 9.53 Å². The number of benzene rings is 2. The molecule has 0 aromatic heterocycles. The van der Waals surface area contributed by atoms with Crippen LogP contribution >= 0.6 is 0 Å².